The molecule has 0 heteroatoms. The molecule has 0 fully saturated rings. The molecule has 0 amide bonds. The topological polar surface area (TPSA) is 0 Å². The molecular weight excluding hydrogens is 264 g/mol. The first-order valence-electron chi connectivity index (χ1n) is 7.91. The van der Waals surface area contributed by atoms with Crippen molar-refractivity contribution >= 4 is 0 Å². The zero-order valence-corrected chi connectivity index (χ0v) is 13.5. The maximum atomic E-state index is 2.35. The van der Waals surface area contributed by atoms with Crippen LogP contribution in [0.25, 0.3) is 22.3 Å². The van der Waals surface area contributed by atoms with Gasteiger partial charge in [-0.2, -0.15) is 0 Å². The Labute approximate surface area is 133 Å². The normalized spacial score (nSPS) is 10.9. The molecule has 0 radical (unpaired) electrons. The van der Waals surface area contributed by atoms with Gasteiger partial charge in [0, 0.05) is 0 Å². The van der Waals surface area contributed by atoms with Gasteiger partial charge >= 0.3 is 0 Å². The summed E-state index contributed by atoms with van der Waals surface area (Å²) in [4.78, 5) is 0. The van der Waals surface area contributed by atoms with E-state index in [9.17, 15) is 0 Å². The van der Waals surface area contributed by atoms with E-state index in [-0.39, 0.29) is 0 Å². The molecule has 0 unspecified atom stereocenters. The van der Waals surface area contributed by atoms with Crippen LogP contribution in [0.1, 0.15) is 30.9 Å². The molecule has 0 atom stereocenters. The van der Waals surface area contributed by atoms with Gasteiger partial charge in [0.1, 0.15) is 0 Å². The smallest absolute Gasteiger partial charge is 0.0149 e. The minimum atomic E-state index is 0.500. The third-order valence-corrected chi connectivity index (χ3v) is 4.11. The van der Waals surface area contributed by atoms with Crippen LogP contribution in [0.15, 0.2) is 72.8 Å². The van der Waals surface area contributed by atoms with Crippen molar-refractivity contribution in [3.8, 4) is 22.3 Å². The zero-order valence-electron chi connectivity index (χ0n) is 13.5. The molecule has 0 saturated heterocycles. The molecule has 0 saturated carbocycles. The molecular formula is C22H22. The lowest BCUT2D eigenvalue weighted by Crippen LogP contribution is -1.94. The van der Waals surface area contributed by atoms with Gasteiger partial charge in [-0.1, -0.05) is 92.2 Å². The summed E-state index contributed by atoms with van der Waals surface area (Å²) in [6.07, 6.45) is 0. The number of rotatable bonds is 3. The Balaban J connectivity index is 2.12. The van der Waals surface area contributed by atoms with E-state index in [1.807, 2.05) is 0 Å². The van der Waals surface area contributed by atoms with Gasteiger partial charge < -0.3 is 0 Å². The summed E-state index contributed by atoms with van der Waals surface area (Å²) in [6, 6.07) is 26.2. The van der Waals surface area contributed by atoms with Crippen LogP contribution in [0.5, 0.6) is 0 Å². The summed E-state index contributed by atoms with van der Waals surface area (Å²) in [5.74, 6) is 0.500. The Kier molecular flexibility index (Phi) is 4.11. The molecule has 3 aromatic carbocycles. The summed E-state index contributed by atoms with van der Waals surface area (Å²) in [7, 11) is 0. The average Bonchev–Trinajstić information content (AvgIpc) is 2.55. The van der Waals surface area contributed by atoms with Crippen molar-refractivity contribution in [2.24, 2.45) is 0 Å². The van der Waals surface area contributed by atoms with Gasteiger partial charge in [0.15, 0.2) is 0 Å². The van der Waals surface area contributed by atoms with Crippen molar-refractivity contribution in [3.63, 3.8) is 0 Å². The molecule has 0 aromatic heterocycles. The summed E-state index contributed by atoms with van der Waals surface area (Å²) < 4.78 is 0. The van der Waals surface area contributed by atoms with Gasteiger partial charge in [-0.3, -0.25) is 0 Å². The SMILES string of the molecule is Cc1cccc(-c2ccc(-c3ccccc3)c(C(C)C)c2)c1. The molecule has 22 heavy (non-hydrogen) atoms. The summed E-state index contributed by atoms with van der Waals surface area (Å²) in [6.45, 7) is 6.68. The van der Waals surface area contributed by atoms with E-state index in [1.165, 1.54) is 33.4 Å². The van der Waals surface area contributed by atoms with Crippen molar-refractivity contribution in [1.82, 2.24) is 0 Å². The van der Waals surface area contributed by atoms with E-state index in [1.54, 1.807) is 0 Å². The Morgan fingerprint density at radius 1 is 0.636 bits per heavy atom. The second-order valence-electron chi connectivity index (χ2n) is 6.19. The molecule has 3 rings (SSSR count). The van der Waals surface area contributed by atoms with Crippen LogP contribution in [0.4, 0.5) is 0 Å². The lowest BCUT2D eigenvalue weighted by Gasteiger charge is -2.15. The van der Waals surface area contributed by atoms with Gasteiger partial charge in [0.25, 0.3) is 0 Å². The van der Waals surface area contributed by atoms with Gasteiger partial charge in [0.2, 0.25) is 0 Å². The van der Waals surface area contributed by atoms with E-state index >= 15 is 0 Å². The quantitative estimate of drug-likeness (QED) is 0.519. The van der Waals surface area contributed by atoms with Gasteiger partial charge in [0.05, 0.1) is 0 Å². The fourth-order valence-electron chi connectivity index (χ4n) is 2.93. The fourth-order valence-corrected chi connectivity index (χ4v) is 2.93. The first kappa shape index (κ1) is 14.6. The van der Waals surface area contributed by atoms with E-state index in [2.05, 4.69) is 93.6 Å². The van der Waals surface area contributed by atoms with Crippen LogP contribution in [0.3, 0.4) is 0 Å². The Hall–Kier alpha value is -2.34. The van der Waals surface area contributed by atoms with E-state index in [0.29, 0.717) is 5.92 Å². The van der Waals surface area contributed by atoms with E-state index < -0.39 is 0 Å². The number of hydrogen-bond donors (Lipinski definition) is 0. The van der Waals surface area contributed by atoms with Gasteiger partial charge in [-0.15, -0.1) is 0 Å². The Bertz CT molecular complexity index is 767. The first-order chi connectivity index (χ1) is 10.6. The lowest BCUT2D eigenvalue weighted by atomic mass is 9.89. The molecule has 0 bridgehead atoms. The Morgan fingerprint density at radius 3 is 2.00 bits per heavy atom. The molecule has 110 valence electrons. The largest absolute Gasteiger partial charge is 0.0622 e. The minimum absolute atomic E-state index is 0.500. The van der Waals surface area contributed by atoms with Crippen molar-refractivity contribution in [3.05, 3.63) is 83.9 Å². The zero-order chi connectivity index (χ0) is 15.5. The maximum absolute atomic E-state index is 2.35. The second kappa shape index (κ2) is 6.19. The van der Waals surface area contributed by atoms with Gasteiger partial charge in [-0.05, 0) is 40.7 Å². The molecule has 0 N–H and O–H groups in total. The highest BCUT2D eigenvalue weighted by atomic mass is 14.1. The summed E-state index contributed by atoms with van der Waals surface area (Å²) in [5.41, 5.74) is 7.93. The summed E-state index contributed by atoms with van der Waals surface area (Å²) >= 11 is 0. The number of aryl methyl sites for hydroxylation is 1. The predicted molar refractivity (Wildman–Crippen MR) is 96.1 cm³/mol. The van der Waals surface area contributed by atoms with Crippen LogP contribution in [-0.4, -0.2) is 0 Å². The molecule has 0 heterocycles. The Morgan fingerprint density at radius 2 is 1.32 bits per heavy atom. The maximum Gasteiger partial charge on any atom is -0.0149 e. The number of benzene rings is 3. The third kappa shape index (κ3) is 2.96. The fraction of sp³-hybridized carbons (Fsp3) is 0.182. The second-order valence-corrected chi connectivity index (χ2v) is 6.19. The standard InChI is InChI=1S/C22H22/c1-16(2)22-15-20(19-11-7-8-17(3)14-19)12-13-21(22)18-9-5-4-6-10-18/h4-16H,1-3H3. The van der Waals surface area contributed by atoms with Crippen LogP contribution in [0, 0.1) is 6.92 Å². The van der Waals surface area contributed by atoms with Crippen molar-refractivity contribution < 1.29 is 0 Å². The minimum Gasteiger partial charge on any atom is -0.0622 e. The molecule has 0 aliphatic carbocycles. The monoisotopic (exact) mass is 286 g/mol. The van der Waals surface area contributed by atoms with Crippen LogP contribution in [0.2, 0.25) is 0 Å². The molecule has 0 aliphatic heterocycles. The summed E-state index contributed by atoms with van der Waals surface area (Å²) in [5, 5.41) is 0. The molecule has 0 nitrogen and oxygen atoms in total. The van der Waals surface area contributed by atoms with E-state index in [4.69, 9.17) is 0 Å². The highest BCUT2D eigenvalue weighted by Crippen LogP contribution is 2.33. The highest BCUT2D eigenvalue weighted by Gasteiger charge is 2.10. The number of hydrogen-bond acceptors (Lipinski definition) is 0. The lowest BCUT2D eigenvalue weighted by molar-refractivity contribution is 0.869. The van der Waals surface area contributed by atoms with Crippen LogP contribution >= 0.6 is 0 Å². The first-order valence-corrected chi connectivity index (χ1v) is 7.91. The molecule has 0 aliphatic rings. The molecule has 3 aromatic rings. The molecule has 0 spiro atoms. The van der Waals surface area contributed by atoms with Crippen molar-refractivity contribution in [2.45, 2.75) is 26.7 Å². The van der Waals surface area contributed by atoms with Crippen molar-refractivity contribution in [2.75, 3.05) is 0 Å². The third-order valence-electron chi connectivity index (χ3n) is 4.11. The van der Waals surface area contributed by atoms with Crippen LogP contribution < -0.4 is 0 Å². The van der Waals surface area contributed by atoms with Crippen molar-refractivity contribution in [1.29, 1.82) is 0 Å². The highest BCUT2D eigenvalue weighted by molar-refractivity contribution is 5.74. The van der Waals surface area contributed by atoms with Crippen LogP contribution in [-0.2, 0) is 0 Å². The van der Waals surface area contributed by atoms with Gasteiger partial charge in [-0.25, -0.2) is 0 Å². The predicted octanol–water partition coefficient (Wildman–Crippen LogP) is 6.45. The van der Waals surface area contributed by atoms with E-state index in [0.717, 1.165) is 0 Å². The average molecular weight is 286 g/mol.